The molecule has 1 atom stereocenters. The van der Waals surface area contributed by atoms with Crippen LogP contribution in [0.4, 0.5) is 0 Å². The van der Waals surface area contributed by atoms with E-state index in [-0.39, 0.29) is 12.0 Å². The Balaban J connectivity index is 2.01. The van der Waals surface area contributed by atoms with Gasteiger partial charge in [-0.25, -0.2) is 4.98 Å². The molecular weight excluding hydrogens is 248 g/mol. The maximum absolute atomic E-state index is 11.6. The molecule has 1 aliphatic heterocycles. The molecule has 1 aliphatic rings. The van der Waals surface area contributed by atoms with Gasteiger partial charge in [-0.05, 0) is 19.4 Å². The van der Waals surface area contributed by atoms with Crippen LogP contribution in [-0.2, 0) is 16.1 Å². The zero-order valence-electron chi connectivity index (χ0n) is 11.2. The van der Waals surface area contributed by atoms with Gasteiger partial charge in [0, 0.05) is 17.8 Å². The molecule has 2 rings (SSSR count). The van der Waals surface area contributed by atoms with Gasteiger partial charge in [0.25, 0.3) is 0 Å². The lowest BCUT2D eigenvalue weighted by Crippen LogP contribution is -2.36. The Bertz CT molecular complexity index is 417. The number of hydrogen-bond donors (Lipinski definition) is 0. The Kier molecular flexibility index (Phi) is 4.35. The summed E-state index contributed by atoms with van der Waals surface area (Å²) in [6.45, 7) is 6.00. The first-order chi connectivity index (χ1) is 8.61. The lowest BCUT2D eigenvalue weighted by atomic mass is 10.2. The summed E-state index contributed by atoms with van der Waals surface area (Å²) in [6, 6.07) is -0.0841. The van der Waals surface area contributed by atoms with Crippen molar-refractivity contribution >= 4 is 17.3 Å². The molecule has 0 radical (unpaired) electrons. The number of ether oxygens (including phenoxy) is 1. The van der Waals surface area contributed by atoms with Crippen LogP contribution in [0.2, 0.25) is 0 Å². The largest absolute Gasteiger partial charge is 0.468 e. The van der Waals surface area contributed by atoms with Crippen molar-refractivity contribution in [3.05, 3.63) is 16.1 Å². The Morgan fingerprint density at radius 2 is 2.44 bits per heavy atom. The summed E-state index contributed by atoms with van der Waals surface area (Å²) < 4.78 is 4.85. The normalized spacial score (nSPS) is 20.6. The van der Waals surface area contributed by atoms with Crippen LogP contribution in [0.25, 0.3) is 0 Å². The number of hydrogen-bond acceptors (Lipinski definition) is 5. The standard InChI is InChI=1S/C13H20N2O2S/c1-9(2)12-14-10(8-18-12)7-15-6-4-5-11(15)13(16)17-3/h8-9,11H,4-7H2,1-3H3. The molecular formula is C13H20N2O2S. The monoisotopic (exact) mass is 268 g/mol. The van der Waals surface area contributed by atoms with E-state index in [1.54, 1.807) is 11.3 Å². The number of aromatic nitrogens is 1. The van der Waals surface area contributed by atoms with Crippen LogP contribution in [0.5, 0.6) is 0 Å². The molecule has 5 heteroatoms. The average Bonchev–Trinajstić information content (AvgIpc) is 2.97. The maximum Gasteiger partial charge on any atom is 0.323 e. The topological polar surface area (TPSA) is 42.4 Å². The fourth-order valence-electron chi connectivity index (χ4n) is 2.29. The van der Waals surface area contributed by atoms with Crippen LogP contribution in [0, 0.1) is 0 Å². The van der Waals surface area contributed by atoms with Crippen LogP contribution >= 0.6 is 11.3 Å². The van der Waals surface area contributed by atoms with Crippen molar-refractivity contribution in [1.29, 1.82) is 0 Å². The van der Waals surface area contributed by atoms with Crippen LogP contribution in [0.15, 0.2) is 5.38 Å². The van der Waals surface area contributed by atoms with Crippen LogP contribution in [0.1, 0.15) is 43.3 Å². The van der Waals surface area contributed by atoms with E-state index in [2.05, 4.69) is 29.1 Å². The first kappa shape index (κ1) is 13.5. The first-order valence-electron chi connectivity index (χ1n) is 6.38. The summed E-state index contributed by atoms with van der Waals surface area (Å²) in [5, 5.41) is 3.26. The van der Waals surface area contributed by atoms with E-state index in [4.69, 9.17) is 4.74 Å². The molecule has 2 heterocycles. The van der Waals surface area contributed by atoms with E-state index in [1.165, 1.54) is 12.1 Å². The highest BCUT2D eigenvalue weighted by Crippen LogP contribution is 2.24. The molecule has 4 nitrogen and oxygen atoms in total. The fraction of sp³-hybridized carbons (Fsp3) is 0.692. The molecule has 18 heavy (non-hydrogen) atoms. The SMILES string of the molecule is COC(=O)C1CCCN1Cc1csc(C(C)C)n1. The summed E-state index contributed by atoms with van der Waals surface area (Å²) in [5.74, 6) is 0.352. The van der Waals surface area contributed by atoms with Crippen molar-refractivity contribution in [2.24, 2.45) is 0 Å². The fourth-order valence-corrected chi connectivity index (χ4v) is 3.11. The molecule has 1 fully saturated rings. The Labute approximate surface area is 112 Å². The predicted octanol–water partition coefficient (Wildman–Crippen LogP) is 2.40. The number of nitrogens with zero attached hydrogens (tertiary/aromatic N) is 2. The van der Waals surface area contributed by atoms with Crippen molar-refractivity contribution < 1.29 is 9.53 Å². The number of esters is 1. The van der Waals surface area contributed by atoms with E-state index in [0.29, 0.717) is 5.92 Å². The highest BCUT2D eigenvalue weighted by molar-refractivity contribution is 7.09. The van der Waals surface area contributed by atoms with Gasteiger partial charge in [0.05, 0.1) is 17.8 Å². The third kappa shape index (κ3) is 2.90. The van der Waals surface area contributed by atoms with Gasteiger partial charge in [0.15, 0.2) is 0 Å². The van der Waals surface area contributed by atoms with Crippen molar-refractivity contribution in [1.82, 2.24) is 9.88 Å². The van der Waals surface area contributed by atoms with Gasteiger partial charge >= 0.3 is 5.97 Å². The highest BCUT2D eigenvalue weighted by Gasteiger charge is 2.31. The Morgan fingerprint density at radius 1 is 1.67 bits per heavy atom. The summed E-state index contributed by atoms with van der Waals surface area (Å²) in [7, 11) is 1.46. The van der Waals surface area contributed by atoms with Gasteiger partial charge in [-0.1, -0.05) is 13.8 Å². The minimum absolute atomic E-state index is 0.0841. The molecule has 1 unspecified atom stereocenters. The Morgan fingerprint density at radius 3 is 3.06 bits per heavy atom. The molecule has 1 aromatic rings. The van der Waals surface area contributed by atoms with Crippen molar-refractivity contribution in [3.63, 3.8) is 0 Å². The van der Waals surface area contributed by atoms with Gasteiger partial charge in [-0.2, -0.15) is 0 Å². The summed E-state index contributed by atoms with van der Waals surface area (Å²) in [4.78, 5) is 18.4. The zero-order chi connectivity index (χ0) is 13.1. The second-order valence-electron chi connectivity index (χ2n) is 4.98. The Hall–Kier alpha value is -0.940. The van der Waals surface area contributed by atoms with E-state index < -0.39 is 0 Å². The van der Waals surface area contributed by atoms with Crippen molar-refractivity contribution in [2.45, 2.75) is 45.2 Å². The van der Waals surface area contributed by atoms with Gasteiger partial charge in [-0.3, -0.25) is 9.69 Å². The number of rotatable bonds is 4. The molecule has 0 bridgehead atoms. The number of carbonyl (C=O) groups excluding carboxylic acids is 1. The lowest BCUT2D eigenvalue weighted by molar-refractivity contribution is -0.146. The van der Waals surface area contributed by atoms with Gasteiger partial charge in [0.2, 0.25) is 0 Å². The minimum atomic E-state index is -0.119. The van der Waals surface area contributed by atoms with E-state index in [0.717, 1.165) is 31.6 Å². The van der Waals surface area contributed by atoms with Gasteiger partial charge in [-0.15, -0.1) is 11.3 Å². The van der Waals surface area contributed by atoms with E-state index in [1.807, 2.05) is 0 Å². The summed E-state index contributed by atoms with van der Waals surface area (Å²) in [6.07, 6.45) is 1.95. The molecule has 100 valence electrons. The number of likely N-dealkylation sites (tertiary alicyclic amines) is 1. The quantitative estimate of drug-likeness (QED) is 0.786. The number of methoxy groups -OCH3 is 1. The molecule has 0 amide bonds. The third-order valence-corrected chi connectivity index (χ3v) is 4.46. The lowest BCUT2D eigenvalue weighted by Gasteiger charge is -2.21. The maximum atomic E-state index is 11.6. The molecule has 1 saturated heterocycles. The zero-order valence-corrected chi connectivity index (χ0v) is 12.0. The second kappa shape index (κ2) is 5.80. The molecule has 0 aliphatic carbocycles. The molecule has 0 aromatic carbocycles. The minimum Gasteiger partial charge on any atom is -0.468 e. The average molecular weight is 268 g/mol. The smallest absolute Gasteiger partial charge is 0.323 e. The molecule has 0 saturated carbocycles. The van der Waals surface area contributed by atoms with E-state index in [9.17, 15) is 4.79 Å². The van der Waals surface area contributed by atoms with Crippen molar-refractivity contribution in [3.8, 4) is 0 Å². The number of thiazole rings is 1. The van der Waals surface area contributed by atoms with Crippen LogP contribution in [-0.4, -0.2) is 35.5 Å². The van der Waals surface area contributed by atoms with Gasteiger partial charge in [0.1, 0.15) is 6.04 Å². The van der Waals surface area contributed by atoms with Crippen LogP contribution < -0.4 is 0 Å². The molecule has 1 aromatic heterocycles. The summed E-state index contributed by atoms with van der Waals surface area (Å²) >= 11 is 1.70. The van der Waals surface area contributed by atoms with Crippen LogP contribution in [0.3, 0.4) is 0 Å². The molecule has 0 spiro atoms. The van der Waals surface area contributed by atoms with Gasteiger partial charge < -0.3 is 4.74 Å². The highest BCUT2D eigenvalue weighted by atomic mass is 32.1. The summed E-state index contributed by atoms with van der Waals surface area (Å²) in [5.41, 5.74) is 1.07. The van der Waals surface area contributed by atoms with E-state index >= 15 is 0 Å². The second-order valence-corrected chi connectivity index (χ2v) is 5.87. The molecule has 0 N–H and O–H groups in total. The third-order valence-electron chi connectivity index (χ3n) is 3.27. The number of carbonyl (C=O) groups is 1. The predicted molar refractivity (Wildman–Crippen MR) is 71.7 cm³/mol. The van der Waals surface area contributed by atoms with Crippen molar-refractivity contribution in [2.75, 3.05) is 13.7 Å². The first-order valence-corrected chi connectivity index (χ1v) is 7.26.